The zero-order valence-electron chi connectivity index (χ0n) is 6.92. The molecular formula is C8H15NO2. The van der Waals surface area contributed by atoms with Crippen molar-refractivity contribution in [2.24, 2.45) is 5.92 Å². The van der Waals surface area contributed by atoms with Gasteiger partial charge in [-0.2, -0.15) is 0 Å². The number of carboxylic acid groups (broad SMARTS) is 1. The second-order valence-corrected chi connectivity index (χ2v) is 3.37. The molecule has 1 N–H and O–H groups in total. The van der Waals surface area contributed by atoms with Gasteiger partial charge in [0.25, 0.3) is 0 Å². The van der Waals surface area contributed by atoms with E-state index in [-0.39, 0.29) is 0 Å². The number of carboxylic acids is 1. The highest BCUT2D eigenvalue weighted by Gasteiger charge is 2.22. The standard InChI is InChI=1S/C8H15NO2/c1-9-5-7(6-9)3-2-4-8(10)11/h7H,2-6H2,1H3,(H,10,11). The molecule has 0 aromatic heterocycles. The van der Waals surface area contributed by atoms with Crippen LogP contribution in [0.25, 0.3) is 0 Å². The van der Waals surface area contributed by atoms with Crippen LogP contribution in [0.1, 0.15) is 19.3 Å². The van der Waals surface area contributed by atoms with Gasteiger partial charge in [-0.05, 0) is 25.8 Å². The van der Waals surface area contributed by atoms with E-state index in [0.29, 0.717) is 6.42 Å². The third-order valence-electron chi connectivity index (χ3n) is 2.14. The van der Waals surface area contributed by atoms with E-state index in [4.69, 9.17) is 5.11 Å². The predicted octanol–water partition coefficient (Wildman–Crippen LogP) is 0.803. The van der Waals surface area contributed by atoms with Crippen LogP contribution in [0.4, 0.5) is 0 Å². The maximum Gasteiger partial charge on any atom is 0.303 e. The minimum Gasteiger partial charge on any atom is -0.481 e. The highest BCUT2D eigenvalue weighted by Crippen LogP contribution is 2.18. The van der Waals surface area contributed by atoms with Gasteiger partial charge in [-0.25, -0.2) is 0 Å². The van der Waals surface area contributed by atoms with E-state index in [9.17, 15) is 4.79 Å². The summed E-state index contributed by atoms with van der Waals surface area (Å²) >= 11 is 0. The molecule has 0 spiro atoms. The van der Waals surface area contributed by atoms with Gasteiger partial charge in [-0.15, -0.1) is 0 Å². The zero-order chi connectivity index (χ0) is 8.27. The van der Waals surface area contributed by atoms with E-state index in [1.54, 1.807) is 0 Å². The number of nitrogens with zero attached hydrogens (tertiary/aromatic N) is 1. The minimum absolute atomic E-state index is 0.334. The Labute approximate surface area is 67.0 Å². The lowest BCUT2D eigenvalue weighted by Gasteiger charge is -2.36. The number of carbonyl (C=O) groups is 1. The molecule has 1 aliphatic heterocycles. The second-order valence-electron chi connectivity index (χ2n) is 3.37. The van der Waals surface area contributed by atoms with Crippen LogP contribution in [0.3, 0.4) is 0 Å². The van der Waals surface area contributed by atoms with Crippen molar-refractivity contribution in [3.63, 3.8) is 0 Å². The molecule has 3 heteroatoms. The molecule has 0 unspecified atom stereocenters. The number of likely N-dealkylation sites (tertiary alicyclic amines) is 1. The van der Waals surface area contributed by atoms with Crippen LogP contribution in [-0.4, -0.2) is 36.1 Å². The fourth-order valence-corrected chi connectivity index (χ4v) is 1.55. The summed E-state index contributed by atoms with van der Waals surface area (Å²) in [6.07, 6.45) is 2.25. The monoisotopic (exact) mass is 157 g/mol. The Bertz CT molecular complexity index is 141. The second kappa shape index (κ2) is 3.72. The van der Waals surface area contributed by atoms with Crippen LogP contribution in [0.15, 0.2) is 0 Å². The summed E-state index contributed by atoms with van der Waals surface area (Å²) < 4.78 is 0. The first-order chi connectivity index (χ1) is 5.18. The Morgan fingerprint density at radius 3 is 2.73 bits per heavy atom. The van der Waals surface area contributed by atoms with Crippen LogP contribution in [-0.2, 0) is 4.79 Å². The molecule has 64 valence electrons. The van der Waals surface area contributed by atoms with Crippen LogP contribution in [0, 0.1) is 5.92 Å². The van der Waals surface area contributed by atoms with E-state index in [1.807, 2.05) is 0 Å². The third kappa shape index (κ3) is 2.89. The Kier molecular flexibility index (Phi) is 2.88. The molecule has 1 rings (SSSR count). The Morgan fingerprint density at radius 2 is 2.27 bits per heavy atom. The lowest BCUT2D eigenvalue weighted by Crippen LogP contribution is -2.43. The van der Waals surface area contributed by atoms with Gasteiger partial charge >= 0.3 is 5.97 Å². The molecule has 1 aliphatic rings. The highest BCUT2D eigenvalue weighted by atomic mass is 16.4. The summed E-state index contributed by atoms with van der Waals surface area (Å²) in [7, 11) is 2.09. The normalized spacial score (nSPS) is 19.7. The average molecular weight is 157 g/mol. The van der Waals surface area contributed by atoms with Crippen LogP contribution in [0.5, 0.6) is 0 Å². The lowest BCUT2D eigenvalue weighted by molar-refractivity contribution is -0.137. The summed E-state index contributed by atoms with van der Waals surface area (Å²) in [5, 5.41) is 8.36. The Hall–Kier alpha value is -0.570. The minimum atomic E-state index is -0.669. The highest BCUT2D eigenvalue weighted by molar-refractivity contribution is 5.66. The molecule has 0 aromatic rings. The zero-order valence-corrected chi connectivity index (χ0v) is 6.92. The molecule has 0 amide bonds. The van der Waals surface area contributed by atoms with Gasteiger partial charge < -0.3 is 10.0 Å². The van der Waals surface area contributed by atoms with Crippen molar-refractivity contribution >= 4 is 5.97 Å². The molecule has 3 nitrogen and oxygen atoms in total. The van der Waals surface area contributed by atoms with Gasteiger partial charge in [0.15, 0.2) is 0 Å². The fraction of sp³-hybridized carbons (Fsp3) is 0.875. The number of aliphatic carboxylic acids is 1. The van der Waals surface area contributed by atoms with Crippen molar-refractivity contribution in [2.45, 2.75) is 19.3 Å². The maximum atomic E-state index is 10.1. The van der Waals surface area contributed by atoms with Crippen molar-refractivity contribution < 1.29 is 9.90 Å². The molecule has 0 radical (unpaired) electrons. The molecule has 0 aromatic carbocycles. The molecule has 0 bridgehead atoms. The Morgan fingerprint density at radius 1 is 1.64 bits per heavy atom. The molecule has 1 heterocycles. The van der Waals surface area contributed by atoms with Gasteiger partial charge in [0.05, 0.1) is 0 Å². The summed E-state index contributed by atoms with van der Waals surface area (Å²) in [4.78, 5) is 12.4. The number of hydrogen-bond donors (Lipinski definition) is 1. The van der Waals surface area contributed by atoms with Crippen LogP contribution in [0.2, 0.25) is 0 Å². The van der Waals surface area contributed by atoms with Crippen LogP contribution >= 0.6 is 0 Å². The van der Waals surface area contributed by atoms with Crippen molar-refractivity contribution in [3.8, 4) is 0 Å². The summed E-state index contributed by atoms with van der Waals surface area (Å²) in [6.45, 7) is 2.30. The van der Waals surface area contributed by atoms with Gasteiger partial charge in [-0.3, -0.25) is 4.79 Å². The van der Waals surface area contributed by atoms with Crippen molar-refractivity contribution in [3.05, 3.63) is 0 Å². The summed E-state index contributed by atoms with van der Waals surface area (Å²) in [5.41, 5.74) is 0. The molecule has 1 fully saturated rings. The van der Waals surface area contributed by atoms with Gasteiger partial charge in [-0.1, -0.05) is 0 Å². The fourth-order valence-electron chi connectivity index (χ4n) is 1.55. The number of rotatable bonds is 4. The van der Waals surface area contributed by atoms with Crippen molar-refractivity contribution in [1.82, 2.24) is 4.90 Å². The first-order valence-corrected chi connectivity index (χ1v) is 4.09. The molecule has 0 atom stereocenters. The van der Waals surface area contributed by atoms with Crippen molar-refractivity contribution in [2.75, 3.05) is 20.1 Å². The molecular weight excluding hydrogens is 142 g/mol. The SMILES string of the molecule is CN1CC(CCCC(=O)O)C1. The predicted molar refractivity (Wildman–Crippen MR) is 42.5 cm³/mol. The lowest BCUT2D eigenvalue weighted by atomic mass is 9.95. The number of hydrogen-bond acceptors (Lipinski definition) is 2. The van der Waals surface area contributed by atoms with E-state index in [2.05, 4.69) is 11.9 Å². The molecule has 0 aliphatic carbocycles. The van der Waals surface area contributed by atoms with E-state index >= 15 is 0 Å². The van der Waals surface area contributed by atoms with Gasteiger partial charge in [0.1, 0.15) is 0 Å². The molecule has 11 heavy (non-hydrogen) atoms. The Balaban J connectivity index is 1.92. The first kappa shape index (κ1) is 8.53. The van der Waals surface area contributed by atoms with E-state index < -0.39 is 5.97 Å². The summed E-state index contributed by atoms with van der Waals surface area (Å²) in [6, 6.07) is 0. The molecule has 1 saturated heterocycles. The van der Waals surface area contributed by atoms with Gasteiger partial charge in [0.2, 0.25) is 0 Å². The van der Waals surface area contributed by atoms with Crippen LogP contribution < -0.4 is 0 Å². The first-order valence-electron chi connectivity index (χ1n) is 4.09. The topological polar surface area (TPSA) is 40.5 Å². The third-order valence-corrected chi connectivity index (χ3v) is 2.14. The quantitative estimate of drug-likeness (QED) is 0.656. The largest absolute Gasteiger partial charge is 0.481 e. The summed E-state index contributed by atoms with van der Waals surface area (Å²) in [5.74, 6) is 0.0945. The maximum absolute atomic E-state index is 10.1. The van der Waals surface area contributed by atoms with E-state index in [1.165, 1.54) is 0 Å². The van der Waals surface area contributed by atoms with E-state index in [0.717, 1.165) is 31.8 Å². The molecule has 0 saturated carbocycles. The smallest absolute Gasteiger partial charge is 0.303 e. The average Bonchev–Trinajstić information content (AvgIpc) is 1.83. The van der Waals surface area contributed by atoms with Crippen molar-refractivity contribution in [1.29, 1.82) is 0 Å². The van der Waals surface area contributed by atoms with Gasteiger partial charge in [0, 0.05) is 19.5 Å².